The maximum Gasteiger partial charge on any atom is 0.331 e. The lowest BCUT2D eigenvalue weighted by molar-refractivity contribution is -0.142. The van der Waals surface area contributed by atoms with Gasteiger partial charge in [-0.2, -0.15) is 0 Å². The summed E-state index contributed by atoms with van der Waals surface area (Å²) in [5.41, 5.74) is 2.66. The summed E-state index contributed by atoms with van der Waals surface area (Å²) < 4.78 is 4.94. The van der Waals surface area contributed by atoms with Crippen molar-refractivity contribution in [1.29, 1.82) is 0 Å². The number of hydrogen-bond donors (Lipinski definition) is 1. The van der Waals surface area contributed by atoms with Gasteiger partial charge in [-0.05, 0) is 46.9 Å². The molecule has 0 atom stereocenters. The molecule has 0 bridgehead atoms. The van der Waals surface area contributed by atoms with Crippen molar-refractivity contribution >= 4 is 35.2 Å². The molecule has 0 aliphatic rings. The van der Waals surface area contributed by atoms with Crippen LogP contribution in [-0.4, -0.2) is 18.5 Å². The minimum absolute atomic E-state index is 0.0490. The average Bonchev–Trinajstić information content (AvgIpc) is 2.58. The zero-order valence-corrected chi connectivity index (χ0v) is 15.8. The van der Waals surface area contributed by atoms with E-state index in [-0.39, 0.29) is 12.0 Å². The average molecular weight is 372 g/mol. The Morgan fingerprint density at radius 3 is 2.42 bits per heavy atom. The molecule has 1 amide bonds. The van der Waals surface area contributed by atoms with E-state index in [9.17, 15) is 9.59 Å². The largest absolute Gasteiger partial charge is 0.452 e. The number of carbonyl (C=O) groups excluding carboxylic acids is 2. The second-order valence-electron chi connectivity index (χ2n) is 6.87. The van der Waals surface area contributed by atoms with Crippen molar-refractivity contribution in [2.75, 3.05) is 11.9 Å². The monoisotopic (exact) mass is 371 g/mol. The first-order valence-electron chi connectivity index (χ1n) is 8.25. The molecule has 0 fully saturated rings. The number of hydrogen-bond acceptors (Lipinski definition) is 3. The molecular formula is C21H22ClNO3. The summed E-state index contributed by atoms with van der Waals surface area (Å²) >= 11 is 5.87. The summed E-state index contributed by atoms with van der Waals surface area (Å²) in [4.78, 5) is 23.6. The van der Waals surface area contributed by atoms with Gasteiger partial charge in [-0.15, -0.1) is 0 Å². The molecule has 4 nitrogen and oxygen atoms in total. The van der Waals surface area contributed by atoms with Crippen LogP contribution in [0.4, 0.5) is 5.69 Å². The summed E-state index contributed by atoms with van der Waals surface area (Å²) in [6, 6.07) is 14.7. The normalized spacial score (nSPS) is 11.4. The van der Waals surface area contributed by atoms with Crippen molar-refractivity contribution in [3.63, 3.8) is 0 Å². The third-order valence-electron chi connectivity index (χ3n) is 3.64. The number of amides is 1. The molecule has 0 saturated carbocycles. The van der Waals surface area contributed by atoms with E-state index >= 15 is 0 Å². The van der Waals surface area contributed by atoms with Crippen molar-refractivity contribution < 1.29 is 14.3 Å². The van der Waals surface area contributed by atoms with Crippen LogP contribution in [0.25, 0.3) is 6.08 Å². The second-order valence-corrected chi connectivity index (χ2v) is 7.31. The van der Waals surface area contributed by atoms with E-state index in [0.29, 0.717) is 10.7 Å². The first-order valence-corrected chi connectivity index (χ1v) is 8.62. The van der Waals surface area contributed by atoms with Gasteiger partial charge in [-0.3, -0.25) is 4.79 Å². The number of rotatable bonds is 5. The minimum atomic E-state index is -0.594. The van der Waals surface area contributed by atoms with Crippen LogP contribution in [0.15, 0.2) is 54.6 Å². The molecule has 136 valence electrons. The third kappa shape index (κ3) is 6.37. The predicted molar refractivity (Wildman–Crippen MR) is 105 cm³/mol. The van der Waals surface area contributed by atoms with E-state index in [1.54, 1.807) is 24.3 Å². The molecule has 1 N–H and O–H groups in total. The fourth-order valence-electron chi connectivity index (χ4n) is 2.21. The van der Waals surface area contributed by atoms with Gasteiger partial charge in [-0.1, -0.05) is 56.6 Å². The Hall–Kier alpha value is -2.59. The molecule has 5 heteroatoms. The summed E-state index contributed by atoms with van der Waals surface area (Å²) in [5, 5.41) is 3.28. The Bertz CT molecular complexity index is 805. The maximum absolute atomic E-state index is 11.9. The van der Waals surface area contributed by atoms with Crippen molar-refractivity contribution in [3.05, 3.63) is 70.8 Å². The maximum atomic E-state index is 11.9. The summed E-state index contributed by atoms with van der Waals surface area (Å²) in [6.07, 6.45) is 2.84. The van der Waals surface area contributed by atoms with Gasteiger partial charge < -0.3 is 10.1 Å². The highest BCUT2D eigenvalue weighted by atomic mass is 35.5. The second kappa shape index (κ2) is 8.68. The number of esters is 1. The number of ether oxygens (including phenoxy) is 1. The Balaban J connectivity index is 1.82. The molecule has 0 heterocycles. The van der Waals surface area contributed by atoms with Crippen LogP contribution in [0.3, 0.4) is 0 Å². The predicted octanol–water partition coefficient (Wildman–Crippen LogP) is 4.83. The highest BCUT2D eigenvalue weighted by molar-refractivity contribution is 6.30. The number of nitrogens with one attached hydrogen (secondary N) is 1. The van der Waals surface area contributed by atoms with Gasteiger partial charge in [-0.25, -0.2) is 4.79 Å². The Kier molecular flexibility index (Phi) is 6.58. The molecule has 0 aliphatic heterocycles. The number of halogens is 1. The molecule has 0 radical (unpaired) electrons. The van der Waals surface area contributed by atoms with Crippen LogP contribution in [0, 0.1) is 0 Å². The van der Waals surface area contributed by atoms with Gasteiger partial charge in [0.15, 0.2) is 6.61 Å². The van der Waals surface area contributed by atoms with Crippen molar-refractivity contribution in [3.8, 4) is 0 Å². The third-order valence-corrected chi connectivity index (χ3v) is 3.88. The van der Waals surface area contributed by atoms with Gasteiger partial charge in [0.25, 0.3) is 5.91 Å². The van der Waals surface area contributed by atoms with E-state index in [1.807, 2.05) is 30.3 Å². The zero-order chi connectivity index (χ0) is 19.2. The molecular weight excluding hydrogens is 350 g/mol. The van der Waals surface area contributed by atoms with Crippen LogP contribution in [0.5, 0.6) is 0 Å². The summed E-state index contributed by atoms with van der Waals surface area (Å²) in [5.74, 6) is -0.985. The highest BCUT2D eigenvalue weighted by Crippen LogP contribution is 2.23. The number of anilines is 1. The lowest BCUT2D eigenvalue weighted by atomic mass is 9.87. The van der Waals surface area contributed by atoms with Crippen LogP contribution in [0.1, 0.15) is 31.9 Å². The van der Waals surface area contributed by atoms with Crippen LogP contribution < -0.4 is 5.32 Å². The molecule has 2 rings (SSSR count). The van der Waals surface area contributed by atoms with Crippen molar-refractivity contribution in [2.24, 2.45) is 0 Å². The molecule has 0 saturated heterocycles. The zero-order valence-electron chi connectivity index (χ0n) is 15.1. The molecule has 0 aliphatic carbocycles. The van der Waals surface area contributed by atoms with E-state index in [2.05, 4.69) is 26.1 Å². The van der Waals surface area contributed by atoms with Crippen molar-refractivity contribution in [1.82, 2.24) is 0 Å². The van der Waals surface area contributed by atoms with Gasteiger partial charge >= 0.3 is 5.97 Å². The highest BCUT2D eigenvalue weighted by Gasteiger charge is 2.13. The SMILES string of the molecule is CC(C)(C)c1ccc(NC(=O)COC(=O)/C=C/c2cccc(Cl)c2)cc1. The van der Waals surface area contributed by atoms with Crippen LogP contribution in [-0.2, 0) is 19.7 Å². The molecule has 2 aromatic carbocycles. The minimum Gasteiger partial charge on any atom is -0.452 e. The van der Waals surface area contributed by atoms with E-state index < -0.39 is 11.9 Å². The smallest absolute Gasteiger partial charge is 0.331 e. The van der Waals surface area contributed by atoms with Gasteiger partial charge in [0.2, 0.25) is 0 Å². The Morgan fingerprint density at radius 1 is 1.12 bits per heavy atom. The van der Waals surface area contributed by atoms with Gasteiger partial charge in [0.1, 0.15) is 0 Å². The fraction of sp³-hybridized carbons (Fsp3) is 0.238. The lowest BCUT2D eigenvalue weighted by Crippen LogP contribution is -2.20. The first kappa shape index (κ1) is 19.7. The van der Waals surface area contributed by atoms with E-state index in [1.165, 1.54) is 11.6 Å². The Morgan fingerprint density at radius 2 is 1.81 bits per heavy atom. The van der Waals surface area contributed by atoms with Gasteiger partial charge in [0.05, 0.1) is 0 Å². The lowest BCUT2D eigenvalue weighted by Gasteiger charge is -2.19. The summed E-state index contributed by atoms with van der Waals surface area (Å²) in [7, 11) is 0. The molecule has 0 spiro atoms. The molecule has 26 heavy (non-hydrogen) atoms. The topological polar surface area (TPSA) is 55.4 Å². The Labute approximate surface area is 158 Å². The molecule has 0 aromatic heterocycles. The fourth-order valence-corrected chi connectivity index (χ4v) is 2.41. The quantitative estimate of drug-likeness (QED) is 0.604. The molecule has 0 unspecified atom stereocenters. The van der Waals surface area contributed by atoms with Crippen LogP contribution in [0.2, 0.25) is 5.02 Å². The number of benzene rings is 2. The van der Waals surface area contributed by atoms with Crippen LogP contribution >= 0.6 is 11.6 Å². The molecule has 2 aromatic rings. The summed E-state index contributed by atoms with van der Waals surface area (Å²) in [6.45, 7) is 6.02. The van der Waals surface area contributed by atoms with Gasteiger partial charge in [0, 0.05) is 16.8 Å². The van der Waals surface area contributed by atoms with E-state index in [4.69, 9.17) is 16.3 Å². The first-order chi connectivity index (χ1) is 12.2. The standard InChI is InChI=1S/C21H22ClNO3/c1-21(2,3)16-8-10-18(11-9-16)23-19(24)14-26-20(25)12-7-15-5-4-6-17(22)13-15/h4-13H,14H2,1-3H3,(H,23,24)/b12-7+. The number of carbonyl (C=O) groups is 2. The van der Waals surface area contributed by atoms with Crippen molar-refractivity contribution in [2.45, 2.75) is 26.2 Å². The van der Waals surface area contributed by atoms with E-state index in [0.717, 1.165) is 5.56 Å².